The molecule has 2 aromatic rings. The van der Waals surface area contributed by atoms with E-state index in [9.17, 15) is 14.7 Å². The van der Waals surface area contributed by atoms with Crippen LogP contribution in [0.4, 0.5) is 0 Å². The summed E-state index contributed by atoms with van der Waals surface area (Å²) in [6.45, 7) is 6.07. The zero-order valence-electron chi connectivity index (χ0n) is 14.3. The van der Waals surface area contributed by atoms with Crippen molar-refractivity contribution in [2.45, 2.75) is 32.9 Å². The Hall–Kier alpha value is -2.47. The lowest BCUT2D eigenvalue weighted by Crippen LogP contribution is -2.43. The summed E-state index contributed by atoms with van der Waals surface area (Å²) in [6.07, 6.45) is 0. The Bertz CT molecular complexity index is 748. The molecule has 6 nitrogen and oxygen atoms in total. The van der Waals surface area contributed by atoms with Gasteiger partial charge in [-0.3, -0.25) is 9.59 Å². The van der Waals surface area contributed by atoms with Gasteiger partial charge >= 0.3 is 0 Å². The first kappa shape index (κ1) is 17.9. The molecule has 24 heavy (non-hydrogen) atoms. The topological polar surface area (TPSA) is 75.4 Å². The highest BCUT2D eigenvalue weighted by molar-refractivity contribution is 5.92. The molecule has 1 heterocycles. The Morgan fingerprint density at radius 2 is 1.88 bits per heavy atom. The molecule has 0 saturated heterocycles. The molecule has 1 amide bonds. The number of aliphatic hydroxyl groups is 1. The van der Waals surface area contributed by atoms with Gasteiger partial charge in [-0.2, -0.15) is 5.10 Å². The number of nitrogens with zero attached hydrogens (tertiary/aromatic N) is 3. The smallest absolute Gasteiger partial charge is 0.274 e. The molecule has 0 bridgehead atoms. The van der Waals surface area contributed by atoms with Gasteiger partial charge in [0.2, 0.25) is 0 Å². The van der Waals surface area contributed by atoms with Crippen molar-refractivity contribution >= 4 is 5.91 Å². The zero-order chi connectivity index (χ0) is 17.7. The van der Waals surface area contributed by atoms with Crippen LogP contribution in [0.25, 0.3) is 0 Å². The van der Waals surface area contributed by atoms with E-state index in [1.165, 1.54) is 21.7 Å². The van der Waals surface area contributed by atoms with E-state index in [-0.39, 0.29) is 23.7 Å². The minimum atomic E-state index is -0.996. The van der Waals surface area contributed by atoms with Crippen LogP contribution in [-0.4, -0.2) is 44.4 Å². The monoisotopic (exact) mass is 329 g/mol. The first-order valence-electron chi connectivity index (χ1n) is 7.94. The van der Waals surface area contributed by atoms with E-state index in [1.54, 1.807) is 13.8 Å². The second-order valence-electron chi connectivity index (χ2n) is 6.33. The standard InChI is InChI=1S/C18H23N3O3/c1-4-20(13-18(2,3)24)17(23)15-10-11-16(22)21(19-15)12-14-8-6-5-7-9-14/h5-11,24H,4,12-13H2,1-3H3. The zero-order valence-corrected chi connectivity index (χ0v) is 14.3. The molecular weight excluding hydrogens is 306 g/mol. The van der Waals surface area contributed by atoms with Crippen molar-refractivity contribution < 1.29 is 9.90 Å². The number of rotatable bonds is 6. The van der Waals surface area contributed by atoms with Crippen molar-refractivity contribution in [3.8, 4) is 0 Å². The molecule has 1 aromatic carbocycles. The Kier molecular flexibility index (Phi) is 5.51. The Labute approximate surface area is 141 Å². The number of carbonyl (C=O) groups is 1. The van der Waals surface area contributed by atoms with E-state index in [0.29, 0.717) is 13.1 Å². The molecule has 6 heteroatoms. The molecule has 1 N–H and O–H groups in total. The molecule has 0 fully saturated rings. The lowest BCUT2D eigenvalue weighted by atomic mass is 10.1. The number of hydrogen-bond donors (Lipinski definition) is 1. The summed E-state index contributed by atoms with van der Waals surface area (Å²) in [5.74, 6) is -0.304. The van der Waals surface area contributed by atoms with Gasteiger partial charge in [-0.05, 0) is 32.4 Å². The first-order valence-corrected chi connectivity index (χ1v) is 7.94. The van der Waals surface area contributed by atoms with E-state index < -0.39 is 5.60 Å². The fourth-order valence-corrected chi connectivity index (χ4v) is 2.39. The third kappa shape index (κ3) is 4.76. The summed E-state index contributed by atoms with van der Waals surface area (Å²) >= 11 is 0. The minimum Gasteiger partial charge on any atom is -0.389 e. The van der Waals surface area contributed by atoms with E-state index in [1.807, 2.05) is 37.3 Å². The largest absolute Gasteiger partial charge is 0.389 e. The second kappa shape index (κ2) is 7.40. The van der Waals surface area contributed by atoms with Crippen LogP contribution in [0.3, 0.4) is 0 Å². The van der Waals surface area contributed by atoms with Crippen molar-refractivity contribution in [1.29, 1.82) is 0 Å². The summed E-state index contributed by atoms with van der Waals surface area (Å²) in [6, 6.07) is 12.2. The summed E-state index contributed by atoms with van der Waals surface area (Å²) in [7, 11) is 0. The summed E-state index contributed by atoms with van der Waals surface area (Å²) in [4.78, 5) is 26.1. The lowest BCUT2D eigenvalue weighted by Gasteiger charge is -2.27. The van der Waals surface area contributed by atoms with Gasteiger partial charge in [-0.1, -0.05) is 30.3 Å². The normalized spacial score (nSPS) is 11.3. The number of carbonyl (C=O) groups excluding carboxylic acids is 1. The van der Waals surface area contributed by atoms with Crippen LogP contribution in [0.1, 0.15) is 36.8 Å². The quantitative estimate of drug-likeness (QED) is 0.872. The van der Waals surface area contributed by atoms with Crippen LogP contribution in [-0.2, 0) is 6.54 Å². The molecule has 0 saturated carbocycles. The van der Waals surface area contributed by atoms with Crippen LogP contribution >= 0.6 is 0 Å². The highest BCUT2D eigenvalue weighted by Crippen LogP contribution is 2.08. The maximum absolute atomic E-state index is 12.6. The van der Waals surface area contributed by atoms with E-state index in [0.717, 1.165) is 5.56 Å². The fourth-order valence-electron chi connectivity index (χ4n) is 2.39. The minimum absolute atomic E-state index is 0.191. The molecule has 2 rings (SSSR count). The highest BCUT2D eigenvalue weighted by Gasteiger charge is 2.23. The van der Waals surface area contributed by atoms with Crippen LogP contribution < -0.4 is 5.56 Å². The third-order valence-electron chi connectivity index (χ3n) is 3.51. The molecule has 0 aliphatic heterocycles. The summed E-state index contributed by atoms with van der Waals surface area (Å²) < 4.78 is 1.28. The predicted octanol–water partition coefficient (Wildman–Crippen LogP) is 1.52. The molecule has 128 valence electrons. The van der Waals surface area contributed by atoms with Crippen molar-refractivity contribution in [3.63, 3.8) is 0 Å². The van der Waals surface area contributed by atoms with Crippen LogP contribution in [0.5, 0.6) is 0 Å². The molecule has 0 spiro atoms. The maximum Gasteiger partial charge on any atom is 0.274 e. The van der Waals surface area contributed by atoms with Gasteiger partial charge in [0.15, 0.2) is 0 Å². The fraction of sp³-hybridized carbons (Fsp3) is 0.389. The molecular formula is C18H23N3O3. The van der Waals surface area contributed by atoms with Gasteiger partial charge < -0.3 is 10.0 Å². The lowest BCUT2D eigenvalue weighted by molar-refractivity contribution is 0.0310. The number of benzene rings is 1. The SMILES string of the molecule is CCN(CC(C)(C)O)C(=O)c1ccc(=O)n(Cc2ccccc2)n1. The Morgan fingerprint density at radius 1 is 1.21 bits per heavy atom. The molecule has 0 aliphatic carbocycles. The van der Waals surface area contributed by atoms with Crippen LogP contribution in [0.2, 0.25) is 0 Å². The van der Waals surface area contributed by atoms with Gasteiger partial charge in [-0.25, -0.2) is 4.68 Å². The van der Waals surface area contributed by atoms with Crippen molar-refractivity contribution in [3.05, 3.63) is 64.1 Å². The van der Waals surface area contributed by atoms with Gasteiger partial charge in [-0.15, -0.1) is 0 Å². The van der Waals surface area contributed by atoms with Gasteiger partial charge in [0, 0.05) is 19.2 Å². The number of likely N-dealkylation sites (N-methyl/N-ethyl adjacent to an activating group) is 1. The average Bonchev–Trinajstić information content (AvgIpc) is 2.54. The van der Waals surface area contributed by atoms with E-state index in [2.05, 4.69) is 5.10 Å². The van der Waals surface area contributed by atoms with Crippen LogP contribution in [0, 0.1) is 0 Å². The van der Waals surface area contributed by atoms with Gasteiger partial charge in [0.25, 0.3) is 11.5 Å². The van der Waals surface area contributed by atoms with E-state index in [4.69, 9.17) is 0 Å². The van der Waals surface area contributed by atoms with Crippen molar-refractivity contribution in [1.82, 2.24) is 14.7 Å². The molecule has 0 unspecified atom stereocenters. The number of aromatic nitrogens is 2. The maximum atomic E-state index is 12.6. The van der Waals surface area contributed by atoms with Crippen LogP contribution in [0.15, 0.2) is 47.3 Å². The Balaban J connectivity index is 2.26. The summed E-state index contributed by atoms with van der Waals surface area (Å²) in [5, 5.41) is 14.1. The number of amides is 1. The highest BCUT2D eigenvalue weighted by atomic mass is 16.3. The third-order valence-corrected chi connectivity index (χ3v) is 3.51. The first-order chi connectivity index (χ1) is 11.3. The van der Waals surface area contributed by atoms with Gasteiger partial charge in [0.05, 0.1) is 12.1 Å². The summed E-state index contributed by atoms with van der Waals surface area (Å²) in [5.41, 5.74) is -0.137. The molecule has 0 radical (unpaired) electrons. The van der Waals surface area contributed by atoms with E-state index >= 15 is 0 Å². The molecule has 1 aromatic heterocycles. The predicted molar refractivity (Wildman–Crippen MR) is 91.9 cm³/mol. The molecule has 0 atom stereocenters. The van der Waals surface area contributed by atoms with Gasteiger partial charge in [0.1, 0.15) is 5.69 Å². The van der Waals surface area contributed by atoms with Crippen molar-refractivity contribution in [2.75, 3.05) is 13.1 Å². The molecule has 0 aliphatic rings. The second-order valence-corrected chi connectivity index (χ2v) is 6.33. The average molecular weight is 329 g/mol. The number of hydrogen-bond acceptors (Lipinski definition) is 4. The van der Waals surface area contributed by atoms with Crippen molar-refractivity contribution in [2.24, 2.45) is 0 Å². The Morgan fingerprint density at radius 3 is 2.46 bits per heavy atom.